The van der Waals surface area contributed by atoms with E-state index in [9.17, 15) is 0 Å². The summed E-state index contributed by atoms with van der Waals surface area (Å²) in [5, 5.41) is 6.96. The Labute approximate surface area is 108 Å². The van der Waals surface area contributed by atoms with Crippen LogP contribution >= 0.6 is 0 Å². The van der Waals surface area contributed by atoms with Gasteiger partial charge in [-0.05, 0) is 67.6 Å². The van der Waals surface area contributed by atoms with E-state index in [0.29, 0.717) is 6.04 Å². The van der Waals surface area contributed by atoms with Crippen molar-refractivity contribution >= 4 is 0 Å². The second kappa shape index (κ2) is 8.90. The van der Waals surface area contributed by atoms with E-state index < -0.39 is 0 Å². The van der Waals surface area contributed by atoms with Crippen molar-refractivity contribution in [2.24, 2.45) is 0 Å². The molecule has 0 amide bonds. The Kier molecular flexibility index (Phi) is 8.83. The Balaban J connectivity index is 3.19. The maximum atomic E-state index is 3.48. The highest BCUT2D eigenvalue weighted by molar-refractivity contribution is 4.70. The zero-order chi connectivity index (χ0) is 13.3. The molecule has 0 saturated carbocycles. The Hall–Kier alpha value is -0.120. The average Bonchev–Trinajstić information content (AvgIpc) is 2.19. The summed E-state index contributed by atoms with van der Waals surface area (Å²) in [6, 6.07) is 0.666. The lowest BCUT2D eigenvalue weighted by atomic mass is 10.1. The van der Waals surface area contributed by atoms with Crippen LogP contribution in [0.5, 0.6) is 0 Å². The molecule has 0 aliphatic heterocycles. The normalized spacial score (nSPS) is 12.7. The molecule has 0 heterocycles. The summed E-state index contributed by atoms with van der Waals surface area (Å²) in [7, 11) is 2.20. The fourth-order valence-corrected chi connectivity index (χ4v) is 1.52. The lowest BCUT2D eigenvalue weighted by molar-refractivity contribution is 0.268. The molecule has 0 aromatic heterocycles. The van der Waals surface area contributed by atoms with Crippen LogP contribution in [0.25, 0.3) is 0 Å². The molecule has 0 aliphatic carbocycles. The van der Waals surface area contributed by atoms with Crippen LogP contribution in [0.1, 0.15) is 47.5 Å². The first-order valence-corrected chi connectivity index (χ1v) is 6.99. The number of unbranched alkanes of at least 4 members (excludes halogenated alkanes) is 1. The van der Waals surface area contributed by atoms with E-state index in [1.165, 1.54) is 19.4 Å². The molecule has 0 fully saturated rings. The van der Waals surface area contributed by atoms with Crippen LogP contribution < -0.4 is 10.6 Å². The van der Waals surface area contributed by atoms with Crippen molar-refractivity contribution in [3.05, 3.63) is 0 Å². The second-order valence-corrected chi connectivity index (χ2v) is 6.21. The minimum atomic E-state index is 0.238. The summed E-state index contributed by atoms with van der Waals surface area (Å²) in [5.41, 5.74) is 0.238. The van der Waals surface area contributed by atoms with Crippen molar-refractivity contribution in [2.75, 3.05) is 33.2 Å². The third kappa shape index (κ3) is 12.1. The van der Waals surface area contributed by atoms with Crippen LogP contribution in [0.4, 0.5) is 0 Å². The van der Waals surface area contributed by atoms with Gasteiger partial charge < -0.3 is 15.5 Å². The minimum absolute atomic E-state index is 0.238. The molecule has 0 unspecified atom stereocenters. The fourth-order valence-electron chi connectivity index (χ4n) is 1.52. The molecule has 0 atom stereocenters. The lowest BCUT2D eigenvalue weighted by Gasteiger charge is -2.21. The summed E-state index contributed by atoms with van der Waals surface area (Å²) < 4.78 is 0. The number of hydrogen-bond acceptors (Lipinski definition) is 3. The first-order chi connectivity index (χ1) is 7.83. The van der Waals surface area contributed by atoms with E-state index in [-0.39, 0.29) is 5.54 Å². The van der Waals surface area contributed by atoms with E-state index in [2.05, 4.69) is 57.2 Å². The highest BCUT2D eigenvalue weighted by atomic mass is 15.1. The van der Waals surface area contributed by atoms with Crippen LogP contribution in [-0.2, 0) is 0 Å². The topological polar surface area (TPSA) is 27.3 Å². The van der Waals surface area contributed by atoms with E-state index in [1.54, 1.807) is 0 Å². The van der Waals surface area contributed by atoms with Crippen LogP contribution in [0.2, 0.25) is 0 Å². The van der Waals surface area contributed by atoms with Gasteiger partial charge in [-0.2, -0.15) is 0 Å². The quantitative estimate of drug-likeness (QED) is 0.607. The van der Waals surface area contributed by atoms with Gasteiger partial charge in [-0.3, -0.25) is 0 Å². The van der Waals surface area contributed by atoms with E-state index in [4.69, 9.17) is 0 Å². The van der Waals surface area contributed by atoms with Gasteiger partial charge in [0, 0.05) is 24.7 Å². The Bertz CT molecular complexity index is 173. The van der Waals surface area contributed by atoms with E-state index >= 15 is 0 Å². The molecule has 0 spiro atoms. The van der Waals surface area contributed by atoms with Gasteiger partial charge in [0.25, 0.3) is 0 Å². The van der Waals surface area contributed by atoms with Gasteiger partial charge in [-0.1, -0.05) is 0 Å². The summed E-state index contributed by atoms with van der Waals surface area (Å²) in [6.07, 6.45) is 2.56. The average molecular weight is 243 g/mol. The summed E-state index contributed by atoms with van der Waals surface area (Å²) >= 11 is 0. The lowest BCUT2D eigenvalue weighted by Crippen LogP contribution is -2.40. The molecule has 3 heteroatoms. The van der Waals surface area contributed by atoms with Crippen molar-refractivity contribution in [3.63, 3.8) is 0 Å². The third-order valence-electron chi connectivity index (χ3n) is 2.95. The molecule has 104 valence electrons. The van der Waals surface area contributed by atoms with Gasteiger partial charge >= 0.3 is 0 Å². The maximum Gasteiger partial charge on any atom is 0.00970 e. The number of hydrogen-bond donors (Lipinski definition) is 2. The van der Waals surface area contributed by atoms with Crippen molar-refractivity contribution in [2.45, 2.75) is 59.0 Å². The smallest absolute Gasteiger partial charge is 0.00970 e. The maximum absolute atomic E-state index is 3.48. The van der Waals surface area contributed by atoms with Crippen LogP contribution in [-0.4, -0.2) is 49.7 Å². The van der Waals surface area contributed by atoms with E-state index in [1.807, 2.05) is 0 Å². The van der Waals surface area contributed by atoms with Crippen LogP contribution in [0.3, 0.4) is 0 Å². The molecule has 0 aromatic carbocycles. The number of rotatable bonds is 9. The molecular formula is C14H33N3. The molecule has 0 radical (unpaired) electrons. The molecule has 0 saturated heterocycles. The van der Waals surface area contributed by atoms with Gasteiger partial charge in [0.15, 0.2) is 0 Å². The zero-order valence-electron chi connectivity index (χ0n) is 12.8. The fraction of sp³-hybridized carbons (Fsp3) is 1.00. The van der Waals surface area contributed by atoms with Crippen molar-refractivity contribution in [1.82, 2.24) is 15.5 Å². The van der Waals surface area contributed by atoms with Gasteiger partial charge in [-0.15, -0.1) is 0 Å². The third-order valence-corrected chi connectivity index (χ3v) is 2.95. The molecule has 2 N–H and O–H groups in total. The van der Waals surface area contributed by atoms with Crippen LogP contribution in [0.15, 0.2) is 0 Å². The largest absolute Gasteiger partial charge is 0.315 e. The second-order valence-electron chi connectivity index (χ2n) is 6.21. The first kappa shape index (κ1) is 16.9. The molecular weight excluding hydrogens is 210 g/mol. The molecule has 3 nitrogen and oxygen atoms in total. The van der Waals surface area contributed by atoms with Crippen molar-refractivity contribution < 1.29 is 0 Å². The van der Waals surface area contributed by atoms with Crippen molar-refractivity contribution in [3.8, 4) is 0 Å². The summed E-state index contributed by atoms with van der Waals surface area (Å²) in [4.78, 5) is 2.40. The monoisotopic (exact) mass is 243 g/mol. The molecule has 0 bridgehead atoms. The number of nitrogens with one attached hydrogen (secondary N) is 2. The molecule has 0 rings (SSSR count). The predicted molar refractivity (Wildman–Crippen MR) is 77.6 cm³/mol. The standard InChI is InChI=1S/C14H33N3/c1-13(2)17(6)12-8-7-9-15-10-11-16-14(3,4)5/h13,15-16H,7-12H2,1-6H3. The van der Waals surface area contributed by atoms with Gasteiger partial charge in [0.2, 0.25) is 0 Å². The molecule has 0 aromatic rings. The van der Waals surface area contributed by atoms with E-state index in [0.717, 1.165) is 19.6 Å². The number of nitrogens with zero attached hydrogens (tertiary/aromatic N) is 1. The minimum Gasteiger partial charge on any atom is -0.315 e. The van der Waals surface area contributed by atoms with Gasteiger partial charge in [0.05, 0.1) is 0 Å². The SMILES string of the molecule is CC(C)N(C)CCCCNCCNC(C)(C)C. The Morgan fingerprint density at radius 1 is 1.00 bits per heavy atom. The first-order valence-electron chi connectivity index (χ1n) is 6.99. The van der Waals surface area contributed by atoms with Gasteiger partial charge in [0.1, 0.15) is 0 Å². The van der Waals surface area contributed by atoms with Crippen molar-refractivity contribution in [1.29, 1.82) is 0 Å². The van der Waals surface area contributed by atoms with Crippen LogP contribution in [0, 0.1) is 0 Å². The Morgan fingerprint density at radius 3 is 2.18 bits per heavy atom. The molecule has 0 aliphatic rings. The summed E-state index contributed by atoms with van der Waals surface area (Å²) in [5.74, 6) is 0. The highest BCUT2D eigenvalue weighted by Gasteiger charge is 2.06. The van der Waals surface area contributed by atoms with Gasteiger partial charge in [-0.25, -0.2) is 0 Å². The molecule has 17 heavy (non-hydrogen) atoms. The zero-order valence-corrected chi connectivity index (χ0v) is 12.8. The highest BCUT2D eigenvalue weighted by Crippen LogP contribution is 1.97. The Morgan fingerprint density at radius 2 is 1.65 bits per heavy atom. The summed E-state index contributed by atoms with van der Waals surface area (Å²) in [6.45, 7) is 15.6. The predicted octanol–water partition coefficient (Wildman–Crippen LogP) is 2.08.